The van der Waals surface area contributed by atoms with E-state index in [1.807, 2.05) is 48.5 Å². The number of hydrogen-bond donors (Lipinski definition) is 1. The molecule has 1 atom stereocenters. The number of nitrogens with one attached hydrogen (secondary N) is 1. The Morgan fingerprint density at radius 3 is 2.12 bits per heavy atom. The average Bonchev–Trinajstić information content (AvgIpc) is 2.64. The number of rotatable bonds is 5. The van der Waals surface area contributed by atoms with Gasteiger partial charge in [-0.3, -0.25) is 4.79 Å². The van der Waals surface area contributed by atoms with Crippen molar-refractivity contribution >= 4 is 33.7 Å². The van der Waals surface area contributed by atoms with Gasteiger partial charge in [0.1, 0.15) is 6.04 Å². The molecule has 2 aromatic carbocycles. The number of esters is 1. The van der Waals surface area contributed by atoms with Crippen molar-refractivity contribution in [2.24, 2.45) is 0 Å². The summed E-state index contributed by atoms with van der Waals surface area (Å²) in [5, 5.41) is 4.27. The second-order valence-corrected chi connectivity index (χ2v) is 6.23. The summed E-state index contributed by atoms with van der Waals surface area (Å²) < 4.78 is 4.82. The van der Waals surface area contributed by atoms with Crippen LogP contribution in [0.2, 0.25) is 0 Å². The van der Waals surface area contributed by atoms with E-state index in [0.29, 0.717) is 12.0 Å². The van der Waals surface area contributed by atoms with E-state index in [4.69, 9.17) is 4.74 Å². The quantitative estimate of drug-likeness (QED) is 0.434. The second kappa shape index (κ2) is 7.35. The van der Waals surface area contributed by atoms with Gasteiger partial charge in [-0.05, 0) is 25.5 Å². The van der Waals surface area contributed by atoms with Crippen LogP contribution in [0.4, 0.5) is 0 Å². The first-order chi connectivity index (χ1) is 12.5. The molecular weight excluding hydrogens is 328 g/mol. The molecule has 0 aliphatic rings. The van der Waals surface area contributed by atoms with Crippen molar-refractivity contribution < 1.29 is 14.3 Å². The van der Waals surface area contributed by atoms with Crippen molar-refractivity contribution in [3.8, 4) is 0 Å². The van der Waals surface area contributed by atoms with Crippen molar-refractivity contribution in [2.45, 2.75) is 19.4 Å². The predicted octanol–water partition coefficient (Wildman–Crippen LogP) is 3.63. The molecule has 0 unspecified atom stereocenters. The fourth-order valence-corrected chi connectivity index (χ4v) is 3.00. The van der Waals surface area contributed by atoms with Gasteiger partial charge in [0.05, 0.1) is 23.7 Å². The molecule has 1 amide bonds. The van der Waals surface area contributed by atoms with Crippen molar-refractivity contribution in [3.63, 3.8) is 0 Å². The summed E-state index contributed by atoms with van der Waals surface area (Å²) in [5.74, 6) is -0.833. The van der Waals surface area contributed by atoms with E-state index < -0.39 is 12.0 Å². The first-order valence-electron chi connectivity index (χ1n) is 8.32. The zero-order chi connectivity index (χ0) is 18.7. The largest absolute Gasteiger partial charge is 0.467 e. The highest BCUT2D eigenvalue weighted by Gasteiger charge is 2.24. The number of fused-ring (bicyclic) bond motifs is 2. The molecule has 0 saturated carbocycles. The van der Waals surface area contributed by atoms with Crippen molar-refractivity contribution in [1.82, 2.24) is 10.3 Å². The minimum absolute atomic E-state index is 0.319. The number of amides is 1. The molecule has 0 radical (unpaired) electrons. The molecule has 0 fully saturated rings. The summed E-state index contributed by atoms with van der Waals surface area (Å²) in [6.45, 7) is 5.63. The minimum atomic E-state index is -0.782. The summed E-state index contributed by atoms with van der Waals surface area (Å²) in [7, 11) is 1.30. The van der Waals surface area contributed by atoms with E-state index in [1.54, 1.807) is 6.92 Å². The third-order valence-electron chi connectivity index (χ3n) is 4.16. The fourth-order valence-electron chi connectivity index (χ4n) is 3.00. The number of nitrogens with zero attached hydrogens (tertiary/aromatic N) is 1. The average molecular weight is 348 g/mol. The number of ether oxygens (including phenoxy) is 1. The van der Waals surface area contributed by atoms with Crippen LogP contribution in [0.15, 0.2) is 60.7 Å². The highest BCUT2D eigenvalue weighted by molar-refractivity contribution is 6.16. The van der Waals surface area contributed by atoms with E-state index >= 15 is 0 Å². The molecule has 1 N–H and O–H groups in total. The smallest absolute Gasteiger partial charge is 0.328 e. The number of carbonyl (C=O) groups excluding carboxylic acids is 2. The van der Waals surface area contributed by atoms with E-state index in [9.17, 15) is 9.59 Å². The molecule has 3 aromatic rings. The lowest BCUT2D eigenvalue weighted by Gasteiger charge is -2.18. The Kier molecular flexibility index (Phi) is 4.98. The maximum Gasteiger partial charge on any atom is 0.328 e. The normalized spacial score (nSPS) is 11.9. The van der Waals surface area contributed by atoms with Crippen LogP contribution in [0.25, 0.3) is 21.8 Å². The number of aromatic nitrogens is 1. The van der Waals surface area contributed by atoms with Crippen LogP contribution in [0.1, 0.15) is 23.7 Å². The van der Waals surface area contributed by atoms with Crippen LogP contribution in [-0.4, -0.2) is 30.0 Å². The van der Waals surface area contributed by atoms with Crippen LogP contribution in [0.5, 0.6) is 0 Å². The van der Waals surface area contributed by atoms with Crippen molar-refractivity contribution in [1.29, 1.82) is 0 Å². The molecule has 132 valence electrons. The molecule has 5 heteroatoms. The molecule has 0 aliphatic carbocycles. The van der Waals surface area contributed by atoms with Crippen LogP contribution < -0.4 is 5.32 Å². The lowest BCUT2D eigenvalue weighted by Crippen LogP contribution is -2.41. The molecule has 0 bridgehead atoms. The van der Waals surface area contributed by atoms with Crippen LogP contribution >= 0.6 is 0 Å². The third kappa shape index (κ3) is 3.42. The summed E-state index contributed by atoms with van der Waals surface area (Å²) in [6, 6.07) is 14.1. The molecule has 1 aromatic heterocycles. The summed E-state index contributed by atoms with van der Waals surface area (Å²) in [6.07, 6.45) is 0.319. The first kappa shape index (κ1) is 17.6. The Morgan fingerprint density at radius 1 is 1.08 bits per heavy atom. The Labute approximate surface area is 151 Å². The number of para-hydroxylation sites is 2. The second-order valence-electron chi connectivity index (χ2n) is 6.23. The monoisotopic (exact) mass is 348 g/mol. The predicted molar refractivity (Wildman–Crippen MR) is 102 cm³/mol. The summed E-state index contributed by atoms with van der Waals surface area (Å²) in [4.78, 5) is 29.8. The number of methoxy groups -OCH3 is 1. The molecule has 0 aliphatic heterocycles. The van der Waals surface area contributed by atoms with Crippen molar-refractivity contribution in [3.05, 3.63) is 66.2 Å². The van der Waals surface area contributed by atoms with E-state index in [-0.39, 0.29) is 5.91 Å². The lowest BCUT2D eigenvalue weighted by molar-refractivity contribution is -0.142. The minimum Gasteiger partial charge on any atom is -0.467 e. The molecule has 26 heavy (non-hydrogen) atoms. The maximum absolute atomic E-state index is 13.1. The highest BCUT2D eigenvalue weighted by Crippen LogP contribution is 2.26. The highest BCUT2D eigenvalue weighted by atomic mass is 16.5. The Bertz CT molecular complexity index is 956. The van der Waals surface area contributed by atoms with E-state index in [1.165, 1.54) is 7.11 Å². The molecule has 0 spiro atoms. The van der Waals surface area contributed by atoms with Crippen LogP contribution in [-0.2, 0) is 9.53 Å². The first-order valence-corrected chi connectivity index (χ1v) is 8.32. The van der Waals surface area contributed by atoms with Gasteiger partial charge in [0.2, 0.25) is 0 Å². The lowest BCUT2D eigenvalue weighted by atomic mass is 10.0. The molecule has 3 rings (SSSR count). The standard InChI is InChI=1S/C21H20N2O3/c1-13(2)12-18(21(25)26-3)23-20(24)19-14-8-4-6-10-16(14)22-17-11-7-5-9-15(17)19/h4-11,18H,1,12H2,2-3H3,(H,23,24)/t18-/m0/s1. The Balaban J connectivity index is 2.11. The van der Waals surface area contributed by atoms with Gasteiger partial charge in [0, 0.05) is 10.8 Å². The zero-order valence-corrected chi connectivity index (χ0v) is 14.8. The number of hydrogen-bond acceptors (Lipinski definition) is 4. The number of benzene rings is 2. The molecular formula is C21H20N2O3. The van der Waals surface area contributed by atoms with Gasteiger partial charge in [-0.25, -0.2) is 9.78 Å². The molecule has 5 nitrogen and oxygen atoms in total. The summed E-state index contributed by atoms with van der Waals surface area (Å²) >= 11 is 0. The van der Waals surface area contributed by atoms with Gasteiger partial charge in [0.15, 0.2) is 0 Å². The molecule has 1 heterocycles. The van der Waals surface area contributed by atoms with Crippen LogP contribution in [0.3, 0.4) is 0 Å². The SMILES string of the molecule is C=C(C)C[C@H](NC(=O)c1c2ccccc2nc2ccccc12)C(=O)OC. The van der Waals surface area contributed by atoms with Gasteiger partial charge < -0.3 is 10.1 Å². The fraction of sp³-hybridized carbons (Fsp3) is 0.190. The number of carbonyl (C=O) groups is 2. The Morgan fingerprint density at radius 2 is 1.62 bits per heavy atom. The van der Waals surface area contributed by atoms with E-state index in [0.717, 1.165) is 27.4 Å². The van der Waals surface area contributed by atoms with Crippen LogP contribution in [0, 0.1) is 0 Å². The van der Waals surface area contributed by atoms with Gasteiger partial charge in [-0.15, -0.1) is 6.58 Å². The number of pyridine rings is 1. The van der Waals surface area contributed by atoms with Gasteiger partial charge in [-0.2, -0.15) is 0 Å². The van der Waals surface area contributed by atoms with Gasteiger partial charge in [-0.1, -0.05) is 42.0 Å². The van der Waals surface area contributed by atoms with E-state index in [2.05, 4.69) is 16.9 Å². The van der Waals surface area contributed by atoms with Gasteiger partial charge in [0.25, 0.3) is 5.91 Å². The van der Waals surface area contributed by atoms with Crippen molar-refractivity contribution in [2.75, 3.05) is 7.11 Å². The zero-order valence-electron chi connectivity index (χ0n) is 14.8. The molecule has 0 saturated heterocycles. The summed E-state index contributed by atoms with van der Waals surface area (Å²) in [5.41, 5.74) is 2.74. The maximum atomic E-state index is 13.1. The third-order valence-corrected chi connectivity index (χ3v) is 4.16. The topological polar surface area (TPSA) is 68.3 Å². The van der Waals surface area contributed by atoms with Gasteiger partial charge >= 0.3 is 5.97 Å². The Hall–Kier alpha value is -3.21.